The van der Waals surface area contributed by atoms with Crippen molar-refractivity contribution in [1.29, 1.82) is 0 Å². The molecule has 6 heteroatoms. The Bertz CT molecular complexity index is 976. The molecule has 0 saturated carbocycles. The van der Waals surface area contributed by atoms with Crippen molar-refractivity contribution in [2.75, 3.05) is 31.4 Å². The SMILES string of the molecule is CCCC(C)NCCCN1C(=O)C2(COc3cc4c(cc32)OCO4)c2ccccc21. The third-order valence-electron chi connectivity index (χ3n) is 6.42. The monoisotopic (exact) mass is 408 g/mol. The van der Waals surface area contributed by atoms with Gasteiger partial charge in [0.25, 0.3) is 0 Å². The van der Waals surface area contributed by atoms with Gasteiger partial charge in [0.05, 0.1) is 0 Å². The van der Waals surface area contributed by atoms with E-state index in [2.05, 4.69) is 25.2 Å². The van der Waals surface area contributed by atoms with E-state index in [1.54, 1.807) is 0 Å². The average Bonchev–Trinajstić information content (AvgIpc) is 3.42. The number of hydrogen-bond acceptors (Lipinski definition) is 5. The summed E-state index contributed by atoms with van der Waals surface area (Å²) in [4.78, 5) is 15.8. The summed E-state index contributed by atoms with van der Waals surface area (Å²) in [5.41, 5.74) is 2.06. The molecule has 6 nitrogen and oxygen atoms in total. The van der Waals surface area contributed by atoms with Crippen LogP contribution in [0.25, 0.3) is 0 Å². The number of para-hydroxylation sites is 1. The quantitative estimate of drug-likeness (QED) is 0.710. The zero-order valence-electron chi connectivity index (χ0n) is 17.6. The lowest BCUT2D eigenvalue weighted by molar-refractivity contribution is -0.122. The van der Waals surface area contributed by atoms with Gasteiger partial charge in [0.1, 0.15) is 17.8 Å². The Labute approximate surface area is 177 Å². The van der Waals surface area contributed by atoms with Crippen LogP contribution in [0.4, 0.5) is 5.69 Å². The topological polar surface area (TPSA) is 60.0 Å². The normalized spacial score (nSPS) is 21.7. The molecule has 0 aromatic heterocycles. The van der Waals surface area contributed by atoms with Crippen LogP contribution in [0.2, 0.25) is 0 Å². The molecule has 0 fully saturated rings. The van der Waals surface area contributed by atoms with Gasteiger partial charge < -0.3 is 24.4 Å². The summed E-state index contributed by atoms with van der Waals surface area (Å²) in [6.45, 7) is 6.50. The second-order valence-electron chi connectivity index (χ2n) is 8.37. The van der Waals surface area contributed by atoms with Gasteiger partial charge in [-0.25, -0.2) is 0 Å². The maximum Gasteiger partial charge on any atom is 0.245 e. The number of nitrogens with zero attached hydrogens (tertiary/aromatic N) is 1. The van der Waals surface area contributed by atoms with Gasteiger partial charge >= 0.3 is 0 Å². The van der Waals surface area contributed by atoms with Crippen molar-refractivity contribution in [3.8, 4) is 17.2 Å². The van der Waals surface area contributed by atoms with Gasteiger partial charge in [-0.3, -0.25) is 4.79 Å². The highest BCUT2D eigenvalue weighted by Gasteiger charge is 2.57. The molecule has 2 unspecified atom stereocenters. The standard InChI is InChI=1S/C24H28N2O4/c1-3-7-16(2)25-10-6-11-26-19-9-5-4-8-17(19)24(23(26)27)14-28-20-13-22-21(12-18(20)24)29-15-30-22/h4-5,8-9,12-13,16,25H,3,6-7,10-11,14-15H2,1-2H3. The summed E-state index contributed by atoms with van der Waals surface area (Å²) in [7, 11) is 0. The van der Waals surface area contributed by atoms with Crippen LogP contribution in [-0.4, -0.2) is 38.4 Å². The molecular formula is C24H28N2O4. The molecule has 0 saturated heterocycles. The van der Waals surface area contributed by atoms with Crippen molar-refractivity contribution in [2.24, 2.45) is 0 Å². The number of carbonyl (C=O) groups excluding carboxylic acids is 1. The Balaban J connectivity index is 1.43. The van der Waals surface area contributed by atoms with E-state index in [-0.39, 0.29) is 12.7 Å². The summed E-state index contributed by atoms with van der Waals surface area (Å²) in [5, 5.41) is 3.56. The van der Waals surface area contributed by atoms with Gasteiger partial charge in [0.15, 0.2) is 11.5 Å². The molecule has 5 rings (SSSR count). The van der Waals surface area contributed by atoms with Crippen LogP contribution >= 0.6 is 0 Å². The number of ether oxygens (including phenoxy) is 3. The third kappa shape index (κ3) is 2.85. The minimum atomic E-state index is -0.810. The predicted molar refractivity (Wildman–Crippen MR) is 115 cm³/mol. The Kier molecular flexibility index (Phi) is 4.82. The van der Waals surface area contributed by atoms with Crippen LogP contribution < -0.4 is 24.4 Å². The fourth-order valence-electron chi connectivity index (χ4n) is 4.91. The number of benzene rings is 2. The predicted octanol–water partition coefficient (Wildman–Crippen LogP) is 3.61. The minimum Gasteiger partial charge on any atom is -0.491 e. The molecule has 1 amide bonds. The van der Waals surface area contributed by atoms with E-state index in [0.717, 1.165) is 29.8 Å². The highest BCUT2D eigenvalue weighted by molar-refractivity contribution is 6.11. The molecule has 0 radical (unpaired) electrons. The van der Waals surface area contributed by atoms with Crippen molar-refractivity contribution in [2.45, 2.75) is 44.6 Å². The van der Waals surface area contributed by atoms with Crippen LogP contribution in [0.15, 0.2) is 36.4 Å². The molecule has 158 valence electrons. The highest BCUT2D eigenvalue weighted by Crippen LogP contribution is 2.54. The van der Waals surface area contributed by atoms with E-state index in [1.807, 2.05) is 35.2 Å². The molecule has 2 atom stereocenters. The van der Waals surface area contributed by atoms with Crippen LogP contribution in [0.1, 0.15) is 44.2 Å². The van der Waals surface area contributed by atoms with Crippen molar-refractivity contribution in [3.63, 3.8) is 0 Å². The first-order valence-corrected chi connectivity index (χ1v) is 10.9. The van der Waals surface area contributed by atoms with E-state index in [1.165, 1.54) is 12.8 Å². The Morgan fingerprint density at radius 3 is 2.73 bits per heavy atom. The summed E-state index contributed by atoms with van der Waals surface area (Å²) < 4.78 is 17.1. The van der Waals surface area contributed by atoms with Crippen LogP contribution in [0.3, 0.4) is 0 Å². The maximum atomic E-state index is 13.8. The lowest BCUT2D eigenvalue weighted by atomic mass is 9.77. The molecule has 0 aliphatic carbocycles. The number of amides is 1. The Hall–Kier alpha value is -2.73. The zero-order valence-corrected chi connectivity index (χ0v) is 17.6. The molecule has 1 spiro atoms. The second-order valence-corrected chi connectivity index (χ2v) is 8.37. The fourth-order valence-corrected chi connectivity index (χ4v) is 4.91. The van der Waals surface area contributed by atoms with E-state index in [4.69, 9.17) is 14.2 Å². The van der Waals surface area contributed by atoms with Crippen molar-refractivity contribution in [1.82, 2.24) is 5.32 Å². The minimum absolute atomic E-state index is 0.0860. The summed E-state index contributed by atoms with van der Waals surface area (Å²) in [6, 6.07) is 12.4. The van der Waals surface area contributed by atoms with Crippen LogP contribution in [0, 0.1) is 0 Å². The van der Waals surface area contributed by atoms with Gasteiger partial charge in [-0.05, 0) is 44.0 Å². The molecule has 1 N–H and O–H groups in total. The van der Waals surface area contributed by atoms with E-state index in [9.17, 15) is 4.79 Å². The van der Waals surface area contributed by atoms with Gasteiger partial charge in [-0.2, -0.15) is 0 Å². The number of rotatable bonds is 7. The molecule has 3 aliphatic rings. The highest BCUT2D eigenvalue weighted by atomic mass is 16.7. The van der Waals surface area contributed by atoms with Crippen molar-refractivity contribution < 1.29 is 19.0 Å². The summed E-state index contributed by atoms with van der Waals surface area (Å²) in [6.07, 6.45) is 3.24. The van der Waals surface area contributed by atoms with Crippen LogP contribution in [0.5, 0.6) is 17.2 Å². The lowest BCUT2D eigenvalue weighted by Crippen LogP contribution is -2.43. The first-order chi connectivity index (χ1) is 14.6. The van der Waals surface area contributed by atoms with Gasteiger partial charge in [0.2, 0.25) is 12.7 Å². The molecule has 3 heterocycles. The largest absolute Gasteiger partial charge is 0.491 e. The number of nitrogens with one attached hydrogen (secondary N) is 1. The first-order valence-electron chi connectivity index (χ1n) is 10.9. The van der Waals surface area contributed by atoms with Crippen molar-refractivity contribution >= 4 is 11.6 Å². The average molecular weight is 408 g/mol. The molecule has 3 aliphatic heterocycles. The van der Waals surface area contributed by atoms with Gasteiger partial charge in [0, 0.05) is 29.9 Å². The van der Waals surface area contributed by atoms with Crippen molar-refractivity contribution in [3.05, 3.63) is 47.5 Å². The molecule has 0 bridgehead atoms. The van der Waals surface area contributed by atoms with E-state index < -0.39 is 5.41 Å². The molecule has 30 heavy (non-hydrogen) atoms. The first kappa shape index (κ1) is 19.2. The fraction of sp³-hybridized carbons (Fsp3) is 0.458. The maximum absolute atomic E-state index is 13.8. The molecule has 2 aromatic carbocycles. The second kappa shape index (κ2) is 7.51. The zero-order chi connectivity index (χ0) is 20.7. The molecular weight excluding hydrogens is 380 g/mol. The smallest absolute Gasteiger partial charge is 0.245 e. The number of hydrogen-bond donors (Lipinski definition) is 1. The summed E-state index contributed by atoms with van der Waals surface area (Å²) in [5.74, 6) is 2.15. The van der Waals surface area contributed by atoms with Crippen LogP contribution in [-0.2, 0) is 10.2 Å². The van der Waals surface area contributed by atoms with E-state index >= 15 is 0 Å². The third-order valence-corrected chi connectivity index (χ3v) is 6.42. The number of carbonyl (C=O) groups is 1. The summed E-state index contributed by atoms with van der Waals surface area (Å²) >= 11 is 0. The molecule has 2 aromatic rings. The van der Waals surface area contributed by atoms with E-state index in [0.29, 0.717) is 36.4 Å². The van der Waals surface area contributed by atoms with Gasteiger partial charge in [-0.1, -0.05) is 31.5 Å². The van der Waals surface area contributed by atoms with Gasteiger partial charge in [-0.15, -0.1) is 0 Å². The Morgan fingerprint density at radius 1 is 1.10 bits per heavy atom. The Morgan fingerprint density at radius 2 is 1.90 bits per heavy atom. The lowest BCUT2D eigenvalue weighted by Gasteiger charge is -2.23. The number of fused-ring (bicyclic) bond motifs is 5. The number of anilines is 1.